The molecule has 1 aromatic heterocycles. The van der Waals surface area contributed by atoms with Crippen LogP contribution >= 0.6 is 0 Å². The molecular formula is C18H23NO2. The third kappa shape index (κ3) is 4.59. The summed E-state index contributed by atoms with van der Waals surface area (Å²) in [6.45, 7) is 6.88. The van der Waals surface area contributed by atoms with Gasteiger partial charge in [0.25, 0.3) is 0 Å². The third-order valence-electron chi connectivity index (χ3n) is 3.36. The topological polar surface area (TPSA) is 45.4 Å². The molecule has 0 amide bonds. The molecule has 0 fully saturated rings. The molecule has 2 N–H and O–H groups in total. The SMILES string of the molecule is CC(=Cc1ccccc1)CNCC(C)(O)c1ccc(C)o1. The second-order valence-corrected chi connectivity index (χ2v) is 5.69. The number of nitrogens with one attached hydrogen (secondary N) is 1. The zero-order valence-corrected chi connectivity index (χ0v) is 12.9. The van der Waals surface area contributed by atoms with Crippen LogP contribution < -0.4 is 5.32 Å². The number of aliphatic hydroxyl groups is 1. The monoisotopic (exact) mass is 285 g/mol. The van der Waals surface area contributed by atoms with Crippen molar-refractivity contribution in [2.24, 2.45) is 0 Å². The van der Waals surface area contributed by atoms with Crippen molar-refractivity contribution in [3.8, 4) is 0 Å². The third-order valence-corrected chi connectivity index (χ3v) is 3.36. The van der Waals surface area contributed by atoms with Gasteiger partial charge in [-0.2, -0.15) is 0 Å². The smallest absolute Gasteiger partial charge is 0.136 e. The van der Waals surface area contributed by atoms with Gasteiger partial charge in [-0.15, -0.1) is 0 Å². The molecule has 0 bridgehead atoms. The molecule has 1 unspecified atom stereocenters. The molecule has 3 heteroatoms. The van der Waals surface area contributed by atoms with E-state index in [1.807, 2.05) is 37.3 Å². The van der Waals surface area contributed by atoms with Gasteiger partial charge in [-0.25, -0.2) is 0 Å². The van der Waals surface area contributed by atoms with Crippen molar-refractivity contribution in [1.82, 2.24) is 5.32 Å². The van der Waals surface area contributed by atoms with Crippen molar-refractivity contribution in [1.29, 1.82) is 0 Å². The Morgan fingerprint density at radius 1 is 1.24 bits per heavy atom. The highest BCUT2D eigenvalue weighted by Gasteiger charge is 2.26. The van der Waals surface area contributed by atoms with Crippen molar-refractivity contribution in [2.45, 2.75) is 26.4 Å². The summed E-state index contributed by atoms with van der Waals surface area (Å²) in [4.78, 5) is 0. The Bertz CT molecular complexity index is 597. The lowest BCUT2D eigenvalue weighted by Gasteiger charge is -2.21. The first-order chi connectivity index (χ1) is 9.97. The van der Waals surface area contributed by atoms with Gasteiger partial charge in [-0.3, -0.25) is 0 Å². The zero-order chi connectivity index (χ0) is 15.3. The lowest BCUT2D eigenvalue weighted by Crippen LogP contribution is -2.35. The van der Waals surface area contributed by atoms with Crippen LogP contribution in [0.2, 0.25) is 0 Å². The molecular weight excluding hydrogens is 262 g/mol. The molecule has 3 nitrogen and oxygen atoms in total. The van der Waals surface area contributed by atoms with E-state index in [0.29, 0.717) is 12.3 Å². The highest BCUT2D eigenvalue weighted by Crippen LogP contribution is 2.21. The molecule has 0 saturated heterocycles. The Balaban J connectivity index is 1.87. The van der Waals surface area contributed by atoms with Crippen LogP contribution in [0.4, 0.5) is 0 Å². The first kappa shape index (κ1) is 15.5. The molecule has 1 atom stereocenters. The molecule has 0 aliphatic carbocycles. The van der Waals surface area contributed by atoms with Crippen molar-refractivity contribution in [3.63, 3.8) is 0 Å². The van der Waals surface area contributed by atoms with Gasteiger partial charge in [0.1, 0.15) is 17.1 Å². The van der Waals surface area contributed by atoms with E-state index in [-0.39, 0.29) is 0 Å². The van der Waals surface area contributed by atoms with E-state index in [1.165, 1.54) is 11.1 Å². The van der Waals surface area contributed by atoms with Crippen LogP contribution in [0.5, 0.6) is 0 Å². The van der Waals surface area contributed by atoms with Crippen molar-refractivity contribution < 1.29 is 9.52 Å². The number of hydrogen-bond acceptors (Lipinski definition) is 3. The minimum absolute atomic E-state index is 0.444. The Labute approximate surface area is 126 Å². The maximum atomic E-state index is 10.4. The summed E-state index contributed by atoms with van der Waals surface area (Å²) in [5, 5.41) is 13.7. The summed E-state index contributed by atoms with van der Waals surface area (Å²) in [7, 11) is 0. The molecule has 0 aliphatic rings. The van der Waals surface area contributed by atoms with E-state index in [9.17, 15) is 5.11 Å². The predicted molar refractivity (Wildman–Crippen MR) is 86.0 cm³/mol. The fraction of sp³-hybridized carbons (Fsp3) is 0.333. The molecule has 1 heterocycles. The minimum atomic E-state index is -0.999. The van der Waals surface area contributed by atoms with E-state index < -0.39 is 5.60 Å². The first-order valence-electron chi connectivity index (χ1n) is 7.19. The molecule has 2 aromatic rings. The first-order valence-corrected chi connectivity index (χ1v) is 7.19. The van der Waals surface area contributed by atoms with Crippen molar-refractivity contribution in [3.05, 3.63) is 65.1 Å². The average molecular weight is 285 g/mol. The summed E-state index contributed by atoms with van der Waals surface area (Å²) in [5.74, 6) is 1.41. The molecule has 0 radical (unpaired) electrons. The largest absolute Gasteiger partial charge is 0.463 e. The highest BCUT2D eigenvalue weighted by molar-refractivity contribution is 5.52. The van der Waals surface area contributed by atoms with E-state index in [2.05, 4.69) is 30.4 Å². The van der Waals surface area contributed by atoms with Gasteiger partial charge in [-0.1, -0.05) is 42.0 Å². The van der Waals surface area contributed by atoms with Crippen LogP contribution in [0.3, 0.4) is 0 Å². The lowest BCUT2D eigenvalue weighted by molar-refractivity contribution is 0.0344. The van der Waals surface area contributed by atoms with Gasteiger partial charge < -0.3 is 14.8 Å². The quantitative estimate of drug-likeness (QED) is 0.854. The number of aryl methyl sites for hydroxylation is 1. The molecule has 0 spiro atoms. The van der Waals surface area contributed by atoms with E-state index in [1.54, 1.807) is 6.92 Å². The fourth-order valence-corrected chi connectivity index (χ4v) is 2.20. The second kappa shape index (κ2) is 6.74. The van der Waals surface area contributed by atoms with Crippen LogP contribution in [-0.4, -0.2) is 18.2 Å². The predicted octanol–water partition coefficient (Wildman–Crippen LogP) is 3.49. The van der Waals surface area contributed by atoms with Gasteiger partial charge >= 0.3 is 0 Å². The average Bonchev–Trinajstić information content (AvgIpc) is 2.87. The van der Waals surface area contributed by atoms with Crippen molar-refractivity contribution in [2.75, 3.05) is 13.1 Å². The van der Waals surface area contributed by atoms with Crippen LogP contribution in [0.15, 0.2) is 52.5 Å². The van der Waals surface area contributed by atoms with E-state index in [0.717, 1.165) is 12.3 Å². The van der Waals surface area contributed by atoms with Crippen LogP contribution in [0.1, 0.15) is 30.9 Å². The molecule has 0 saturated carbocycles. The standard InChI is InChI=1S/C18H23NO2/c1-14(11-16-7-5-4-6-8-16)12-19-13-18(3,20)17-10-9-15(2)21-17/h4-11,19-20H,12-13H2,1-3H3. The van der Waals surface area contributed by atoms with Gasteiger partial charge in [0.2, 0.25) is 0 Å². The summed E-state index contributed by atoms with van der Waals surface area (Å²) in [6.07, 6.45) is 2.14. The van der Waals surface area contributed by atoms with Gasteiger partial charge in [0.15, 0.2) is 0 Å². The molecule has 21 heavy (non-hydrogen) atoms. The Morgan fingerprint density at radius 2 is 1.95 bits per heavy atom. The second-order valence-electron chi connectivity index (χ2n) is 5.69. The van der Waals surface area contributed by atoms with Gasteiger partial charge in [-0.05, 0) is 38.5 Å². The summed E-state index contributed by atoms with van der Waals surface area (Å²) < 4.78 is 5.50. The Morgan fingerprint density at radius 3 is 2.57 bits per heavy atom. The van der Waals surface area contributed by atoms with Crippen molar-refractivity contribution >= 4 is 6.08 Å². The van der Waals surface area contributed by atoms with Gasteiger partial charge in [0.05, 0.1) is 0 Å². The van der Waals surface area contributed by atoms with Gasteiger partial charge in [0, 0.05) is 13.1 Å². The van der Waals surface area contributed by atoms with E-state index >= 15 is 0 Å². The zero-order valence-electron chi connectivity index (χ0n) is 12.9. The normalized spacial score (nSPS) is 15.0. The minimum Gasteiger partial charge on any atom is -0.463 e. The molecule has 112 valence electrons. The summed E-state index contributed by atoms with van der Waals surface area (Å²) in [5.41, 5.74) is 1.40. The maximum Gasteiger partial charge on any atom is 0.136 e. The fourth-order valence-electron chi connectivity index (χ4n) is 2.20. The molecule has 1 aromatic carbocycles. The van der Waals surface area contributed by atoms with Crippen LogP contribution in [-0.2, 0) is 5.60 Å². The molecule has 2 rings (SSSR count). The maximum absolute atomic E-state index is 10.4. The number of rotatable bonds is 6. The number of furan rings is 1. The summed E-state index contributed by atoms with van der Waals surface area (Å²) >= 11 is 0. The van der Waals surface area contributed by atoms with E-state index in [4.69, 9.17) is 4.42 Å². The lowest BCUT2D eigenvalue weighted by atomic mass is 10.0. The summed E-state index contributed by atoms with van der Waals surface area (Å²) in [6, 6.07) is 13.9. The van der Waals surface area contributed by atoms with Crippen LogP contribution in [0.25, 0.3) is 6.08 Å². The number of hydrogen-bond donors (Lipinski definition) is 2. The Hall–Kier alpha value is -1.84. The molecule has 0 aliphatic heterocycles. The highest BCUT2D eigenvalue weighted by atomic mass is 16.4. The van der Waals surface area contributed by atoms with Crippen LogP contribution in [0, 0.1) is 6.92 Å². The number of benzene rings is 1. The Kier molecular flexibility index (Phi) is 4.99.